The Hall–Kier alpha value is -2.02. The van der Waals surface area contributed by atoms with Crippen molar-refractivity contribution in [2.45, 2.75) is 81.5 Å². The zero-order valence-electron chi connectivity index (χ0n) is 21.0. The second-order valence-corrected chi connectivity index (χ2v) is 13.3. The number of allylic oxidation sites excluding steroid dienone is 1. The zero-order chi connectivity index (χ0) is 24.5. The molecule has 0 amide bonds. The second-order valence-electron chi connectivity index (χ2n) is 12.1. The summed E-state index contributed by atoms with van der Waals surface area (Å²) in [4.78, 5) is 4.36. The molecule has 6 atom stereocenters. The van der Waals surface area contributed by atoms with Crippen LogP contribution in [0.2, 0.25) is 0 Å². The quantitative estimate of drug-likeness (QED) is 0.558. The molecule has 5 nitrogen and oxygen atoms in total. The van der Waals surface area contributed by atoms with Gasteiger partial charge in [-0.2, -0.15) is 0 Å². The van der Waals surface area contributed by atoms with Crippen molar-refractivity contribution in [3.8, 4) is 0 Å². The highest BCUT2D eigenvalue weighted by atomic mass is 32.2. The largest absolute Gasteiger partial charge is 0.359 e. The first-order chi connectivity index (χ1) is 17.4. The molecular formula is C30H36N2O3S. The minimum absolute atomic E-state index is 0.163. The van der Waals surface area contributed by atoms with Crippen LogP contribution in [0.3, 0.4) is 0 Å². The Morgan fingerprint density at radius 1 is 1.14 bits per heavy atom. The predicted octanol–water partition coefficient (Wildman–Crippen LogP) is 5.05. The van der Waals surface area contributed by atoms with Crippen molar-refractivity contribution in [2.75, 3.05) is 12.3 Å². The summed E-state index contributed by atoms with van der Waals surface area (Å²) in [5.41, 5.74) is 4.23. The molecule has 2 bridgehead atoms. The molecule has 36 heavy (non-hydrogen) atoms. The first-order valence-electron chi connectivity index (χ1n) is 13.7. The van der Waals surface area contributed by atoms with E-state index in [4.69, 9.17) is 4.74 Å². The SMILES string of the molecule is C[C@]12CC=C3C=C4CC[C@@H](NCC[SH](=O)=O)C[C@]45CC[C@]3(O5)[C@@H]1CCC2c1ccc2ccncc2c1. The number of hydrogen-bond donors (Lipinski definition) is 2. The summed E-state index contributed by atoms with van der Waals surface area (Å²) in [6.07, 6.45) is 17.7. The lowest BCUT2D eigenvalue weighted by molar-refractivity contribution is -0.136. The van der Waals surface area contributed by atoms with Crippen molar-refractivity contribution in [1.29, 1.82) is 0 Å². The third-order valence-electron chi connectivity index (χ3n) is 10.5. The summed E-state index contributed by atoms with van der Waals surface area (Å²) >= 11 is 0. The number of rotatable bonds is 5. The number of fused-ring (bicyclic) bond motifs is 2. The molecule has 190 valence electrons. The summed E-state index contributed by atoms with van der Waals surface area (Å²) in [6, 6.07) is 9.41. The van der Waals surface area contributed by atoms with Crippen LogP contribution in [-0.2, 0) is 15.4 Å². The molecule has 1 aromatic carbocycles. The van der Waals surface area contributed by atoms with Crippen molar-refractivity contribution in [3.63, 3.8) is 0 Å². The van der Waals surface area contributed by atoms with Gasteiger partial charge in [-0.15, -0.1) is 0 Å². The maximum absolute atomic E-state index is 11.0. The van der Waals surface area contributed by atoms with Crippen LogP contribution in [0, 0.1) is 11.3 Å². The van der Waals surface area contributed by atoms with Crippen molar-refractivity contribution in [2.24, 2.45) is 11.3 Å². The number of nitrogens with one attached hydrogen (secondary N) is 1. The predicted molar refractivity (Wildman–Crippen MR) is 143 cm³/mol. The smallest absolute Gasteiger partial charge is 0.141 e. The summed E-state index contributed by atoms with van der Waals surface area (Å²) in [5.74, 6) is 1.26. The standard InChI is InChI=1S/C30H36N2O3S/c1-28-10-8-24-17-23-4-5-25(32-14-15-36(33)34)18-29(23)11-12-30(24,35-29)27(28)7-6-26(28)21-3-2-20-9-13-31-19-22(20)16-21/h2-3,8-9,13,16-17,19,25-27,32,36H,4-7,10-12,14-15,18H2,1H3/t25-,26?,27-,28-,29-,30-/m1/s1. The summed E-state index contributed by atoms with van der Waals surface area (Å²) in [5, 5.41) is 6.01. The normalized spacial score (nSPS) is 38.9. The van der Waals surface area contributed by atoms with Gasteiger partial charge in [-0.05, 0) is 103 Å². The van der Waals surface area contributed by atoms with E-state index in [0.717, 1.165) is 38.5 Å². The molecule has 3 aliphatic carbocycles. The first kappa shape index (κ1) is 23.1. The van der Waals surface area contributed by atoms with Gasteiger partial charge in [0.25, 0.3) is 0 Å². The number of thiol groups is 1. The van der Waals surface area contributed by atoms with Crippen LogP contribution in [0.5, 0.6) is 0 Å². The fourth-order valence-electron chi connectivity index (χ4n) is 8.81. The van der Waals surface area contributed by atoms with Crippen LogP contribution in [0.4, 0.5) is 0 Å². The lowest BCUT2D eigenvalue weighted by Gasteiger charge is -2.54. The molecule has 2 aliphatic heterocycles. The Morgan fingerprint density at radius 3 is 2.94 bits per heavy atom. The minimum atomic E-state index is -2.32. The summed E-state index contributed by atoms with van der Waals surface area (Å²) < 4.78 is 29.4. The van der Waals surface area contributed by atoms with E-state index in [1.165, 1.54) is 40.3 Å². The second kappa shape index (κ2) is 8.24. The van der Waals surface area contributed by atoms with Crippen molar-refractivity contribution >= 4 is 21.5 Å². The molecule has 2 aromatic rings. The van der Waals surface area contributed by atoms with E-state index in [1.54, 1.807) is 0 Å². The van der Waals surface area contributed by atoms with Crippen molar-refractivity contribution in [1.82, 2.24) is 10.3 Å². The van der Waals surface area contributed by atoms with Crippen LogP contribution < -0.4 is 5.32 Å². The molecule has 1 aromatic heterocycles. The van der Waals surface area contributed by atoms with Crippen LogP contribution in [0.25, 0.3) is 10.8 Å². The minimum Gasteiger partial charge on any atom is -0.359 e. The molecule has 1 saturated heterocycles. The monoisotopic (exact) mass is 504 g/mol. The molecule has 0 radical (unpaired) electrons. The highest BCUT2D eigenvalue weighted by molar-refractivity contribution is 7.72. The summed E-state index contributed by atoms with van der Waals surface area (Å²) in [6.45, 7) is 3.06. The molecular weight excluding hydrogens is 468 g/mol. The van der Waals surface area contributed by atoms with Gasteiger partial charge < -0.3 is 10.1 Å². The molecule has 3 heterocycles. The molecule has 2 spiro atoms. The molecule has 2 saturated carbocycles. The number of benzene rings is 1. The lowest BCUT2D eigenvalue weighted by atomic mass is 9.58. The van der Waals surface area contributed by atoms with E-state index in [1.807, 2.05) is 12.4 Å². The Morgan fingerprint density at radius 2 is 2.06 bits per heavy atom. The van der Waals surface area contributed by atoms with Gasteiger partial charge in [0.15, 0.2) is 0 Å². The first-order valence-corrected chi connectivity index (χ1v) is 15.1. The Bertz CT molecular complexity index is 1360. The van der Waals surface area contributed by atoms with Crippen LogP contribution in [0.15, 0.2) is 60.0 Å². The van der Waals surface area contributed by atoms with Crippen molar-refractivity contribution < 1.29 is 13.2 Å². The van der Waals surface area contributed by atoms with Crippen LogP contribution in [0.1, 0.15) is 69.8 Å². The lowest BCUT2D eigenvalue weighted by Crippen LogP contribution is -2.55. The van der Waals surface area contributed by atoms with Gasteiger partial charge in [0.1, 0.15) is 10.7 Å². The topological polar surface area (TPSA) is 68.3 Å². The van der Waals surface area contributed by atoms with Gasteiger partial charge in [0, 0.05) is 30.4 Å². The van der Waals surface area contributed by atoms with E-state index in [0.29, 0.717) is 24.4 Å². The van der Waals surface area contributed by atoms with E-state index in [-0.39, 0.29) is 22.4 Å². The number of aromatic nitrogens is 1. The molecule has 5 aliphatic rings. The fourth-order valence-corrected chi connectivity index (χ4v) is 9.12. The van der Waals surface area contributed by atoms with Gasteiger partial charge in [0.2, 0.25) is 0 Å². The number of nitrogens with zero attached hydrogens (tertiary/aromatic N) is 1. The maximum Gasteiger partial charge on any atom is 0.141 e. The molecule has 7 rings (SSSR count). The summed E-state index contributed by atoms with van der Waals surface area (Å²) in [7, 11) is -2.32. The van der Waals surface area contributed by atoms with Crippen molar-refractivity contribution in [3.05, 3.63) is 65.5 Å². The number of pyridine rings is 1. The van der Waals surface area contributed by atoms with Gasteiger partial charge in [-0.25, -0.2) is 8.42 Å². The number of hydrogen-bond acceptors (Lipinski definition) is 5. The average Bonchev–Trinajstić information content (AvgIpc) is 3.38. The Balaban J connectivity index is 1.19. The fraction of sp³-hybridized carbons (Fsp3) is 0.567. The Labute approximate surface area is 215 Å². The highest BCUT2D eigenvalue weighted by Crippen LogP contribution is 2.69. The molecule has 6 heteroatoms. The van der Waals surface area contributed by atoms with Crippen LogP contribution >= 0.6 is 0 Å². The molecule has 3 fully saturated rings. The van der Waals surface area contributed by atoms with E-state index in [2.05, 4.69) is 53.6 Å². The van der Waals surface area contributed by atoms with Gasteiger partial charge in [0.05, 0.1) is 17.0 Å². The number of ether oxygens (including phenoxy) is 1. The Kier molecular flexibility index (Phi) is 5.29. The van der Waals surface area contributed by atoms with Gasteiger partial charge in [-0.3, -0.25) is 4.98 Å². The molecule has 1 unspecified atom stereocenters. The maximum atomic E-state index is 11.0. The highest BCUT2D eigenvalue weighted by Gasteiger charge is 2.66. The van der Waals surface area contributed by atoms with Crippen LogP contribution in [-0.4, -0.2) is 42.9 Å². The van der Waals surface area contributed by atoms with E-state index in [9.17, 15) is 8.42 Å². The third kappa shape index (κ3) is 3.33. The van der Waals surface area contributed by atoms with Gasteiger partial charge in [-0.1, -0.05) is 31.2 Å². The van der Waals surface area contributed by atoms with Gasteiger partial charge >= 0.3 is 0 Å². The molecule has 1 N–H and O–H groups in total. The third-order valence-corrected chi connectivity index (χ3v) is 11.1. The zero-order valence-corrected chi connectivity index (χ0v) is 21.9. The van der Waals surface area contributed by atoms with E-state index >= 15 is 0 Å². The average molecular weight is 505 g/mol. The van der Waals surface area contributed by atoms with E-state index < -0.39 is 10.7 Å².